The standard InChI is InChI=1S/C14H21NO3/c1-2-17-13-3-5-14(6-4-13)18-9-7-12-11-16-10-8-15-12/h3-6,12,15H,2,7-11H2,1H3. The van der Waals surface area contributed by atoms with Crippen molar-refractivity contribution in [2.75, 3.05) is 33.0 Å². The van der Waals surface area contributed by atoms with Gasteiger partial charge in [0.25, 0.3) is 0 Å². The zero-order valence-corrected chi connectivity index (χ0v) is 10.9. The minimum Gasteiger partial charge on any atom is -0.494 e. The van der Waals surface area contributed by atoms with Crippen molar-refractivity contribution in [3.8, 4) is 11.5 Å². The lowest BCUT2D eigenvalue weighted by Gasteiger charge is -2.23. The average molecular weight is 251 g/mol. The molecule has 0 bridgehead atoms. The Morgan fingerprint density at radius 2 is 1.94 bits per heavy atom. The minimum absolute atomic E-state index is 0.418. The highest BCUT2D eigenvalue weighted by atomic mass is 16.5. The van der Waals surface area contributed by atoms with Crippen LogP contribution < -0.4 is 14.8 Å². The maximum atomic E-state index is 5.69. The number of morpholine rings is 1. The maximum absolute atomic E-state index is 5.69. The summed E-state index contributed by atoms with van der Waals surface area (Å²) >= 11 is 0. The van der Waals surface area contributed by atoms with Gasteiger partial charge in [0.1, 0.15) is 11.5 Å². The van der Waals surface area contributed by atoms with Gasteiger partial charge in [0.15, 0.2) is 0 Å². The second-order valence-corrected chi connectivity index (χ2v) is 4.27. The Morgan fingerprint density at radius 3 is 2.56 bits per heavy atom. The van der Waals surface area contributed by atoms with Crippen molar-refractivity contribution >= 4 is 0 Å². The molecule has 1 N–H and O–H groups in total. The Bertz CT molecular complexity index is 333. The Labute approximate surface area is 108 Å². The molecule has 0 saturated carbocycles. The van der Waals surface area contributed by atoms with Gasteiger partial charge in [-0.15, -0.1) is 0 Å². The summed E-state index contributed by atoms with van der Waals surface area (Å²) in [6, 6.07) is 8.16. The molecule has 1 aromatic carbocycles. The Hall–Kier alpha value is -1.26. The van der Waals surface area contributed by atoms with E-state index in [0.717, 1.165) is 37.7 Å². The van der Waals surface area contributed by atoms with Crippen LogP contribution in [0.3, 0.4) is 0 Å². The molecule has 1 aliphatic rings. The highest BCUT2D eigenvalue weighted by Crippen LogP contribution is 2.17. The lowest BCUT2D eigenvalue weighted by Crippen LogP contribution is -2.41. The molecular weight excluding hydrogens is 230 g/mol. The van der Waals surface area contributed by atoms with Gasteiger partial charge in [0.2, 0.25) is 0 Å². The predicted molar refractivity (Wildman–Crippen MR) is 70.3 cm³/mol. The number of nitrogens with one attached hydrogen (secondary N) is 1. The van der Waals surface area contributed by atoms with E-state index in [2.05, 4.69) is 5.32 Å². The molecule has 4 heteroatoms. The van der Waals surface area contributed by atoms with Gasteiger partial charge in [-0.1, -0.05) is 0 Å². The quantitative estimate of drug-likeness (QED) is 0.837. The number of hydrogen-bond acceptors (Lipinski definition) is 4. The molecule has 0 amide bonds. The van der Waals surface area contributed by atoms with Crippen LogP contribution in [0.1, 0.15) is 13.3 Å². The van der Waals surface area contributed by atoms with E-state index in [1.165, 1.54) is 0 Å². The average Bonchev–Trinajstić information content (AvgIpc) is 2.42. The Kier molecular flexibility index (Phi) is 5.30. The van der Waals surface area contributed by atoms with Crippen LogP contribution in [0, 0.1) is 0 Å². The molecule has 0 aromatic heterocycles. The molecule has 100 valence electrons. The fraction of sp³-hybridized carbons (Fsp3) is 0.571. The summed E-state index contributed by atoms with van der Waals surface area (Å²) in [7, 11) is 0. The summed E-state index contributed by atoms with van der Waals surface area (Å²) in [4.78, 5) is 0. The van der Waals surface area contributed by atoms with Crippen LogP contribution in [0.25, 0.3) is 0 Å². The molecule has 0 aliphatic carbocycles. The summed E-state index contributed by atoms with van der Waals surface area (Å²) in [5.74, 6) is 1.77. The second kappa shape index (κ2) is 7.24. The van der Waals surface area contributed by atoms with Crippen LogP contribution in [0.2, 0.25) is 0 Å². The molecule has 1 fully saturated rings. The van der Waals surface area contributed by atoms with E-state index in [0.29, 0.717) is 19.3 Å². The summed E-state index contributed by atoms with van der Waals surface area (Å²) in [6.45, 7) is 5.91. The molecule has 1 saturated heterocycles. The molecule has 0 spiro atoms. The van der Waals surface area contributed by atoms with Crippen LogP contribution in [0.15, 0.2) is 24.3 Å². The van der Waals surface area contributed by atoms with Crippen LogP contribution in [0.4, 0.5) is 0 Å². The lowest BCUT2D eigenvalue weighted by molar-refractivity contribution is 0.0691. The maximum Gasteiger partial charge on any atom is 0.119 e. The third kappa shape index (κ3) is 4.20. The first-order valence-corrected chi connectivity index (χ1v) is 6.55. The monoisotopic (exact) mass is 251 g/mol. The first-order valence-electron chi connectivity index (χ1n) is 6.55. The molecule has 18 heavy (non-hydrogen) atoms. The first-order chi connectivity index (χ1) is 8.88. The van der Waals surface area contributed by atoms with Gasteiger partial charge in [-0.05, 0) is 37.6 Å². The topological polar surface area (TPSA) is 39.7 Å². The summed E-state index contributed by atoms with van der Waals surface area (Å²) in [6.07, 6.45) is 0.965. The van der Waals surface area contributed by atoms with Gasteiger partial charge < -0.3 is 19.5 Å². The molecule has 4 nitrogen and oxygen atoms in total. The van der Waals surface area contributed by atoms with Crippen LogP contribution >= 0.6 is 0 Å². The fourth-order valence-corrected chi connectivity index (χ4v) is 1.92. The van der Waals surface area contributed by atoms with Crippen molar-refractivity contribution < 1.29 is 14.2 Å². The third-order valence-corrected chi connectivity index (χ3v) is 2.87. The van der Waals surface area contributed by atoms with Gasteiger partial charge in [-0.3, -0.25) is 0 Å². The van der Waals surface area contributed by atoms with Crippen molar-refractivity contribution in [3.63, 3.8) is 0 Å². The second-order valence-electron chi connectivity index (χ2n) is 4.27. The number of ether oxygens (including phenoxy) is 3. The molecule has 2 rings (SSSR count). The summed E-state index contributed by atoms with van der Waals surface area (Å²) < 4.78 is 16.5. The third-order valence-electron chi connectivity index (χ3n) is 2.87. The number of benzene rings is 1. The van der Waals surface area contributed by atoms with Crippen LogP contribution in [-0.2, 0) is 4.74 Å². The fourth-order valence-electron chi connectivity index (χ4n) is 1.92. The zero-order chi connectivity index (χ0) is 12.6. The van der Waals surface area contributed by atoms with Crippen molar-refractivity contribution in [2.45, 2.75) is 19.4 Å². The molecular formula is C14H21NO3. The van der Waals surface area contributed by atoms with E-state index in [1.54, 1.807) is 0 Å². The van der Waals surface area contributed by atoms with Gasteiger partial charge in [-0.2, -0.15) is 0 Å². The molecule has 1 unspecified atom stereocenters. The molecule has 1 heterocycles. The largest absolute Gasteiger partial charge is 0.494 e. The summed E-state index contributed by atoms with van der Waals surface area (Å²) in [5.41, 5.74) is 0. The van der Waals surface area contributed by atoms with Crippen molar-refractivity contribution in [1.29, 1.82) is 0 Å². The molecule has 1 aliphatic heterocycles. The predicted octanol–water partition coefficient (Wildman–Crippen LogP) is 1.84. The molecule has 1 atom stereocenters. The van der Waals surface area contributed by atoms with Gasteiger partial charge in [0, 0.05) is 12.6 Å². The van der Waals surface area contributed by atoms with E-state index in [4.69, 9.17) is 14.2 Å². The normalized spacial score (nSPS) is 19.5. The lowest BCUT2D eigenvalue weighted by atomic mass is 10.2. The highest BCUT2D eigenvalue weighted by Gasteiger charge is 2.12. The highest BCUT2D eigenvalue weighted by molar-refractivity contribution is 5.31. The van der Waals surface area contributed by atoms with E-state index in [-0.39, 0.29) is 0 Å². The first kappa shape index (κ1) is 13.2. The molecule has 1 aromatic rings. The minimum atomic E-state index is 0.418. The Balaban J connectivity index is 1.69. The number of hydrogen-bond donors (Lipinski definition) is 1. The van der Waals surface area contributed by atoms with E-state index >= 15 is 0 Å². The van der Waals surface area contributed by atoms with Gasteiger partial charge >= 0.3 is 0 Å². The van der Waals surface area contributed by atoms with Crippen LogP contribution in [-0.4, -0.2) is 39.0 Å². The number of rotatable bonds is 6. The smallest absolute Gasteiger partial charge is 0.119 e. The molecule has 0 radical (unpaired) electrons. The van der Waals surface area contributed by atoms with E-state index in [1.807, 2.05) is 31.2 Å². The van der Waals surface area contributed by atoms with Crippen molar-refractivity contribution in [2.24, 2.45) is 0 Å². The SMILES string of the molecule is CCOc1ccc(OCCC2COCCN2)cc1. The van der Waals surface area contributed by atoms with Crippen LogP contribution in [0.5, 0.6) is 11.5 Å². The Morgan fingerprint density at radius 1 is 1.22 bits per heavy atom. The van der Waals surface area contributed by atoms with Crippen molar-refractivity contribution in [1.82, 2.24) is 5.32 Å². The van der Waals surface area contributed by atoms with E-state index < -0.39 is 0 Å². The van der Waals surface area contributed by atoms with Crippen molar-refractivity contribution in [3.05, 3.63) is 24.3 Å². The van der Waals surface area contributed by atoms with E-state index in [9.17, 15) is 0 Å². The summed E-state index contributed by atoms with van der Waals surface area (Å²) in [5, 5.41) is 3.41. The van der Waals surface area contributed by atoms with Gasteiger partial charge in [-0.25, -0.2) is 0 Å². The van der Waals surface area contributed by atoms with Gasteiger partial charge in [0.05, 0.1) is 26.4 Å². The zero-order valence-electron chi connectivity index (χ0n) is 10.9.